The van der Waals surface area contributed by atoms with E-state index >= 15 is 0 Å². The van der Waals surface area contributed by atoms with Gasteiger partial charge in [0.2, 0.25) is 0 Å². The molecule has 94 valence electrons. The van der Waals surface area contributed by atoms with Crippen LogP contribution in [0.4, 0.5) is 0 Å². The predicted molar refractivity (Wildman–Crippen MR) is 80.6 cm³/mol. The minimum atomic E-state index is -0.348. The molecule has 0 fully saturated rings. The Morgan fingerprint density at radius 1 is 1.11 bits per heavy atom. The van der Waals surface area contributed by atoms with Gasteiger partial charge in [0.05, 0.1) is 0 Å². The van der Waals surface area contributed by atoms with E-state index in [0.717, 1.165) is 16.5 Å². The van der Waals surface area contributed by atoms with Crippen LogP contribution in [0.5, 0.6) is 0 Å². The highest BCUT2D eigenvalue weighted by Crippen LogP contribution is 2.25. The lowest BCUT2D eigenvalue weighted by Crippen LogP contribution is -2.35. The summed E-state index contributed by atoms with van der Waals surface area (Å²) in [5, 5.41) is 0. The van der Waals surface area contributed by atoms with E-state index < -0.39 is 0 Å². The van der Waals surface area contributed by atoms with Crippen LogP contribution in [-0.4, -0.2) is 0 Å². The van der Waals surface area contributed by atoms with Crippen molar-refractivity contribution < 1.29 is 0 Å². The molecule has 0 bridgehead atoms. The first-order chi connectivity index (χ1) is 8.47. The largest absolute Gasteiger partial charge is 0.321 e. The van der Waals surface area contributed by atoms with Gasteiger partial charge in [-0.15, -0.1) is 0 Å². The number of rotatable bonds is 3. The SMILES string of the molecule is Cc1ccc(CC(C)(N)c2cccc(Br)c2)cc1. The number of nitrogens with two attached hydrogens (primary N) is 1. The zero-order chi connectivity index (χ0) is 13.2. The molecule has 0 radical (unpaired) electrons. The Hall–Kier alpha value is -1.12. The van der Waals surface area contributed by atoms with Crippen molar-refractivity contribution in [3.63, 3.8) is 0 Å². The minimum Gasteiger partial charge on any atom is -0.321 e. The smallest absolute Gasteiger partial charge is 0.0422 e. The number of benzene rings is 2. The van der Waals surface area contributed by atoms with Gasteiger partial charge < -0.3 is 5.73 Å². The van der Waals surface area contributed by atoms with Gasteiger partial charge in [0.15, 0.2) is 0 Å². The predicted octanol–water partition coefficient (Wildman–Crippen LogP) is 4.17. The molecule has 0 aliphatic heterocycles. The zero-order valence-corrected chi connectivity index (χ0v) is 12.4. The standard InChI is InChI=1S/C16H18BrN/c1-12-6-8-13(9-7-12)11-16(2,18)14-4-3-5-15(17)10-14/h3-10H,11,18H2,1-2H3. The number of hydrogen-bond acceptors (Lipinski definition) is 1. The topological polar surface area (TPSA) is 26.0 Å². The molecule has 0 saturated heterocycles. The van der Waals surface area contributed by atoms with Crippen molar-refractivity contribution in [3.05, 3.63) is 69.7 Å². The Kier molecular flexibility index (Phi) is 3.88. The van der Waals surface area contributed by atoms with Crippen LogP contribution in [0.25, 0.3) is 0 Å². The fourth-order valence-electron chi connectivity index (χ4n) is 2.08. The van der Waals surface area contributed by atoms with Gasteiger partial charge in [0, 0.05) is 10.0 Å². The van der Waals surface area contributed by atoms with E-state index in [1.165, 1.54) is 11.1 Å². The molecule has 1 nitrogen and oxygen atoms in total. The molecular weight excluding hydrogens is 286 g/mol. The third-order valence-electron chi connectivity index (χ3n) is 3.18. The first kappa shape index (κ1) is 13.3. The van der Waals surface area contributed by atoms with E-state index in [1.807, 2.05) is 12.1 Å². The average Bonchev–Trinajstić information content (AvgIpc) is 2.32. The second-order valence-electron chi connectivity index (χ2n) is 5.09. The van der Waals surface area contributed by atoms with Gasteiger partial charge in [0.25, 0.3) is 0 Å². The highest BCUT2D eigenvalue weighted by atomic mass is 79.9. The number of hydrogen-bond donors (Lipinski definition) is 1. The van der Waals surface area contributed by atoms with Gasteiger partial charge in [-0.25, -0.2) is 0 Å². The monoisotopic (exact) mass is 303 g/mol. The van der Waals surface area contributed by atoms with Gasteiger partial charge in [0.1, 0.15) is 0 Å². The lowest BCUT2D eigenvalue weighted by Gasteiger charge is -2.25. The first-order valence-corrected chi connectivity index (χ1v) is 6.87. The van der Waals surface area contributed by atoms with Crippen LogP contribution in [0, 0.1) is 6.92 Å². The molecule has 2 N–H and O–H groups in total. The number of halogens is 1. The van der Waals surface area contributed by atoms with Crippen molar-refractivity contribution >= 4 is 15.9 Å². The van der Waals surface area contributed by atoms with Crippen LogP contribution in [-0.2, 0) is 12.0 Å². The Bertz CT molecular complexity index is 529. The summed E-state index contributed by atoms with van der Waals surface area (Å²) in [5.41, 5.74) is 9.81. The molecule has 0 amide bonds. The molecule has 2 aromatic rings. The maximum absolute atomic E-state index is 6.46. The van der Waals surface area contributed by atoms with Crippen LogP contribution >= 0.6 is 15.9 Å². The molecular formula is C16H18BrN. The van der Waals surface area contributed by atoms with Gasteiger partial charge in [-0.2, -0.15) is 0 Å². The summed E-state index contributed by atoms with van der Waals surface area (Å²) in [4.78, 5) is 0. The lowest BCUT2D eigenvalue weighted by molar-refractivity contribution is 0.491. The Balaban J connectivity index is 2.23. The molecule has 2 aromatic carbocycles. The third-order valence-corrected chi connectivity index (χ3v) is 3.67. The van der Waals surface area contributed by atoms with Crippen LogP contribution in [0.1, 0.15) is 23.6 Å². The molecule has 0 aliphatic carbocycles. The van der Waals surface area contributed by atoms with Crippen LogP contribution in [0.15, 0.2) is 53.0 Å². The number of aryl methyl sites for hydroxylation is 1. The Morgan fingerprint density at radius 3 is 2.39 bits per heavy atom. The van der Waals surface area contributed by atoms with E-state index in [4.69, 9.17) is 5.73 Å². The zero-order valence-electron chi connectivity index (χ0n) is 10.8. The third kappa shape index (κ3) is 3.21. The fraction of sp³-hybridized carbons (Fsp3) is 0.250. The molecule has 0 aliphatic rings. The molecule has 0 spiro atoms. The van der Waals surface area contributed by atoms with E-state index in [-0.39, 0.29) is 5.54 Å². The summed E-state index contributed by atoms with van der Waals surface area (Å²) in [5.74, 6) is 0. The maximum Gasteiger partial charge on any atom is 0.0422 e. The van der Waals surface area contributed by atoms with Crippen LogP contribution in [0.2, 0.25) is 0 Å². The minimum absolute atomic E-state index is 0.348. The molecule has 1 unspecified atom stereocenters. The molecule has 1 atom stereocenters. The van der Waals surface area contributed by atoms with Crippen molar-refractivity contribution in [2.24, 2.45) is 5.73 Å². The molecule has 0 heterocycles. The Morgan fingerprint density at radius 2 is 1.78 bits per heavy atom. The molecule has 2 heteroatoms. The first-order valence-electron chi connectivity index (χ1n) is 6.08. The van der Waals surface area contributed by atoms with E-state index in [1.54, 1.807) is 0 Å². The van der Waals surface area contributed by atoms with Crippen molar-refractivity contribution in [1.82, 2.24) is 0 Å². The van der Waals surface area contributed by atoms with E-state index in [0.29, 0.717) is 0 Å². The normalized spacial score (nSPS) is 14.2. The van der Waals surface area contributed by atoms with Gasteiger partial charge in [-0.3, -0.25) is 0 Å². The molecule has 0 aromatic heterocycles. The highest BCUT2D eigenvalue weighted by molar-refractivity contribution is 9.10. The van der Waals surface area contributed by atoms with Gasteiger partial charge in [-0.05, 0) is 43.5 Å². The summed E-state index contributed by atoms with van der Waals surface area (Å²) in [6.45, 7) is 4.17. The summed E-state index contributed by atoms with van der Waals surface area (Å²) in [6.07, 6.45) is 0.837. The van der Waals surface area contributed by atoms with Crippen LogP contribution in [0.3, 0.4) is 0 Å². The van der Waals surface area contributed by atoms with Gasteiger partial charge in [-0.1, -0.05) is 57.9 Å². The maximum atomic E-state index is 6.46. The van der Waals surface area contributed by atoms with E-state index in [2.05, 4.69) is 66.2 Å². The fourth-order valence-corrected chi connectivity index (χ4v) is 2.47. The van der Waals surface area contributed by atoms with Crippen molar-refractivity contribution in [2.45, 2.75) is 25.8 Å². The van der Waals surface area contributed by atoms with Crippen molar-refractivity contribution in [2.75, 3.05) is 0 Å². The Labute approximate surface area is 117 Å². The summed E-state index contributed by atoms with van der Waals surface area (Å²) >= 11 is 3.49. The second-order valence-corrected chi connectivity index (χ2v) is 6.01. The molecule has 2 rings (SSSR count). The highest BCUT2D eigenvalue weighted by Gasteiger charge is 2.21. The average molecular weight is 304 g/mol. The summed E-state index contributed by atoms with van der Waals surface area (Å²) < 4.78 is 1.07. The van der Waals surface area contributed by atoms with Crippen molar-refractivity contribution in [1.29, 1.82) is 0 Å². The molecule has 0 saturated carbocycles. The summed E-state index contributed by atoms with van der Waals surface area (Å²) in [6, 6.07) is 16.8. The second kappa shape index (κ2) is 5.25. The van der Waals surface area contributed by atoms with Gasteiger partial charge >= 0.3 is 0 Å². The quantitative estimate of drug-likeness (QED) is 0.904. The van der Waals surface area contributed by atoms with Crippen LogP contribution < -0.4 is 5.73 Å². The summed E-state index contributed by atoms with van der Waals surface area (Å²) in [7, 11) is 0. The molecule has 18 heavy (non-hydrogen) atoms. The van der Waals surface area contributed by atoms with E-state index in [9.17, 15) is 0 Å². The lowest BCUT2D eigenvalue weighted by atomic mass is 9.86. The van der Waals surface area contributed by atoms with Crippen molar-refractivity contribution in [3.8, 4) is 0 Å².